The minimum atomic E-state index is -0.945. The van der Waals surface area contributed by atoms with Gasteiger partial charge in [-0.3, -0.25) is 0 Å². The molecule has 0 fully saturated rings. The minimum absolute atomic E-state index is 0.945. The van der Waals surface area contributed by atoms with Gasteiger partial charge < -0.3 is 0 Å². The smallest absolute Gasteiger partial charge is 0.0565 e. The summed E-state index contributed by atoms with van der Waals surface area (Å²) in [6, 6.07) is 5.30. The van der Waals surface area contributed by atoms with Crippen molar-refractivity contribution >= 4 is 8.07 Å². The highest BCUT2D eigenvalue weighted by Crippen LogP contribution is 2.24. The van der Waals surface area contributed by atoms with Crippen LogP contribution in [0.1, 0.15) is 22.1 Å². The summed E-state index contributed by atoms with van der Waals surface area (Å²) >= 11 is 0. The zero-order valence-corrected chi connectivity index (χ0v) is 8.48. The molecule has 10 heavy (non-hydrogen) atoms. The van der Waals surface area contributed by atoms with Crippen molar-refractivity contribution in [3.8, 4) is 0 Å². The van der Waals surface area contributed by atoms with E-state index in [2.05, 4.69) is 20.8 Å². The lowest BCUT2D eigenvalue weighted by Crippen LogP contribution is -2.29. The molecule has 0 bridgehead atoms. The first kappa shape index (κ1) is 8.06. The van der Waals surface area contributed by atoms with Gasteiger partial charge in [0, 0.05) is 0 Å². The van der Waals surface area contributed by atoms with E-state index in [0.29, 0.717) is 0 Å². The Morgan fingerprint density at radius 2 is 1.80 bits per heavy atom. The molecule has 0 aliphatic rings. The van der Waals surface area contributed by atoms with E-state index in [1.807, 2.05) is 6.08 Å². The van der Waals surface area contributed by atoms with Gasteiger partial charge in [-0.1, -0.05) is 45.0 Å². The van der Waals surface area contributed by atoms with Crippen molar-refractivity contribution in [1.29, 1.82) is 0 Å². The molecule has 0 rings (SSSR count). The molecule has 0 aromatic rings. The minimum Gasteiger partial charge on any atom is -0.103 e. The van der Waals surface area contributed by atoms with E-state index >= 15 is 0 Å². The molecule has 0 aliphatic carbocycles. The van der Waals surface area contributed by atoms with Crippen LogP contribution in [0.3, 0.4) is 0 Å². The first-order chi connectivity index (χ1) is 5.24. The van der Waals surface area contributed by atoms with Crippen molar-refractivity contribution in [2.45, 2.75) is 44.9 Å². The van der Waals surface area contributed by atoms with Gasteiger partial charge in [-0.2, -0.15) is 0 Å². The molecule has 0 aromatic heterocycles. The standard InChI is InChI=1S/C9H20Si/c1-5-9-10(6-2,7-3)8-4/h5H,1,6-9H2,2-4H3/i1D. The van der Waals surface area contributed by atoms with Crippen LogP contribution in [-0.2, 0) is 0 Å². The van der Waals surface area contributed by atoms with Gasteiger partial charge in [0.05, 0.1) is 9.44 Å². The maximum atomic E-state index is 6.95. The molecule has 0 unspecified atom stereocenters. The summed E-state index contributed by atoms with van der Waals surface area (Å²) in [6.07, 6.45) is 2.03. The van der Waals surface area contributed by atoms with E-state index in [4.69, 9.17) is 1.37 Å². The highest BCUT2D eigenvalue weighted by Gasteiger charge is 2.23. The van der Waals surface area contributed by atoms with E-state index in [1.165, 1.54) is 30.7 Å². The summed E-state index contributed by atoms with van der Waals surface area (Å²) in [4.78, 5) is 0. The second kappa shape index (κ2) is 4.72. The number of hydrogen-bond donors (Lipinski definition) is 0. The zero-order valence-electron chi connectivity index (χ0n) is 8.48. The van der Waals surface area contributed by atoms with Gasteiger partial charge in [0.2, 0.25) is 0 Å². The first-order valence-electron chi connectivity index (χ1n) is 4.85. The summed E-state index contributed by atoms with van der Waals surface area (Å²) in [5.41, 5.74) is 0. The summed E-state index contributed by atoms with van der Waals surface area (Å²) in [5, 5.41) is 0. The molecule has 0 nitrogen and oxygen atoms in total. The van der Waals surface area contributed by atoms with Crippen LogP contribution in [0.2, 0.25) is 24.2 Å². The van der Waals surface area contributed by atoms with E-state index < -0.39 is 8.07 Å². The number of hydrogen-bond acceptors (Lipinski definition) is 0. The van der Waals surface area contributed by atoms with Crippen LogP contribution in [0.15, 0.2) is 12.6 Å². The molecule has 1 heteroatoms. The summed E-state index contributed by atoms with van der Waals surface area (Å²) in [5.74, 6) is 0. The second-order valence-electron chi connectivity index (χ2n) is 3.00. The molecule has 60 valence electrons. The van der Waals surface area contributed by atoms with Crippen LogP contribution in [-0.4, -0.2) is 8.07 Å². The normalized spacial score (nSPS) is 14.1. The van der Waals surface area contributed by atoms with E-state index in [0.717, 1.165) is 0 Å². The molecule has 0 N–H and O–H groups in total. The largest absolute Gasteiger partial charge is 0.103 e. The van der Waals surface area contributed by atoms with Crippen LogP contribution in [0.25, 0.3) is 0 Å². The topological polar surface area (TPSA) is 0 Å². The summed E-state index contributed by atoms with van der Waals surface area (Å²) in [6.45, 7) is 8.35. The zero-order chi connectivity index (χ0) is 8.74. The van der Waals surface area contributed by atoms with Gasteiger partial charge >= 0.3 is 0 Å². The molecule has 0 radical (unpaired) electrons. The van der Waals surface area contributed by atoms with E-state index in [9.17, 15) is 0 Å². The molecular weight excluding hydrogens is 136 g/mol. The van der Waals surface area contributed by atoms with E-state index in [1.54, 1.807) is 0 Å². The Labute approximate surface area is 67.8 Å². The van der Waals surface area contributed by atoms with Crippen LogP contribution < -0.4 is 0 Å². The fraction of sp³-hybridized carbons (Fsp3) is 0.778. The van der Waals surface area contributed by atoms with Crippen LogP contribution in [0, 0.1) is 0 Å². The van der Waals surface area contributed by atoms with Gasteiger partial charge in [0.25, 0.3) is 0 Å². The van der Waals surface area contributed by atoms with Gasteiger partial charge in [-0.25, -0.2) is 0 Å². The SMILES string of the molecule is [2H]C=CC[Si](CC)(CC)CC. The second-order valence-corrected chi connectivity index (χ2v) is 8.53. The molecule has 0 spiro atoms. The predicted molar refractivity (Wildman–Crippen MR) is 52.2 cm³/mol. The third-order valence-electron chi connectivity index (χ3n) is 2.80. The Kier molecular flexibility index (Phi) is 3.81. The van der Waals surface area contributed by atoms with Crippen molar-refractivity contribution in [3.05, 3.63) is 12.6 Å². The lowest BCUT2D eigenvalue weighted by atomic mass is 10.8. The number of rotatable bonds is 5. The summed E-state index contributed by atoms with van der Waals surface area (Å²) < 4.78 is 6.95. The Hall–Kier alpha value is -0.0431. The van der Waals surface area contributed by atoms with Crippen molar-refractivity contribution in [1.82, 2.24) is 0 Å². The van der Waals surface area contributed by atoms with Gasteiger partial charge in [0.15, 0.2) is 0 Å². The molecule has 0 aromatic carbocycles. The van der Waals surface area contributed by atoms with Gasteiger partial charge in [-0.05, 0) is 6.04 Å². The Morgan fingerprint density at radius 3 is 2.10 bits per heavy atom. The van der Waals surface area contributed by atoms with Crippen LogP contribution >= 0.6 is 0 Å². The van der Waals surface area contributed by atoms with Crippen molar-refractivity contribution < 1.29 is 1.37 Å². The Morgan fingerprint density at radius 1 is 1.30 bits per heavy atom. The predicted octanol–water partition coefficient (Wildman–Crippen LogP) is 3.68. The molecule has 0 amide bonds. The lowest BCUT2D eigenvalue weighted by Gasteiger charge is -2.26. The van der Waals surface area contributed by atoms with Gasteiger partial charge in [-0.15, -0.1) is 6.55 Å². The highest BCUT2D eigenvalue weighted by atomic mass is 28.3. The van der Waals surface area contributed by atoms with Crippen molar-refractivity contribution in [2.24, 2.45) is 0 Å². The van der Waals surface area contributed by atoms with Gasteiger partial charge in [0.1, 0.15) is 0 Å². The fourth-order valence-electron chi connectivity index (χ4n) is 1.43. The fourth-order valence-corrected chi connectivity index (χ4v) is 4.30. The lowest BCUT2D eigenvalue weighted by molar-refractivity contribution is 1.14. The molecule has 0 atom stereocenters. The van der Waals surface area contributed by atoms with Crippen LogP contribution in [0.4, 0.5) is 0 Å². The monoisotopic (exact) mass is 157 g/mol. The summed E-state index contributed by atoms with van der Waals surface area (Å²) in [7, 11) is -0.945. The average Bonchev–Trinajstić information content (AvgIpc) is 2.08. The molecule has 0 saturated carbocycles. The maximum Gasteiger partial charge on any atom is 0.0565 e. The Bertz CT molecular complexity index is 108. The van der Waals surface area contributed by atoms with Crippen molar-refractivity contribution in [3.63, 3.8) is 0 Å². The third-order valence-corrected chi connectivity index (χ3v) is 8.40. The maximum absolute atomic E-state index is 6.95. The average molecular weight is 157 g/mol. The Balaban J connectivity index is 4.04. The van der Waals surface area contributed by atoms with E-state index in [-0.39, 0.29) is 0 Å². The molecular formula is C9H20Si. The first-order valence-corrected chi connectivity index (χ1v) is 7.11. The quantitative estimate of drug-likeness (QED) is 0.422. The molecule has 0 heterocycles. The van der Waals surface area contributed by atoms with Crippen molar-refractivity contribution in [2.75, 3.05) is 0 Å². The number of allylic oxidation sites excluding steroid dienone is 1. The third kappa shape index (κ3) is 2.29. The van der Waals surface area contributed by atoms with Crippen LogP contribution in [0.5, 0.6) is 0 Å². The molecule has 0 saturated heterocycles. The molecule has 0 aliphatic heterocycles. The highest BCUT2D eigenvalue weighted by molar-refractivity contribution is 6.80.